The van der Waals surface area contributed by atoms with Crippen molar-refractivity contribution in [1.29, 1.82) is 0 Å². The first-order valence-corrected chi connectivity index (χ1v) is 6.55. The van der Waals surface area contributed by atoms with Crippen LogP contribution in [0.1, 0.15) is 36.8 Å². The number of aromatic nitrogens is 1. The van der Waals surface area contributed by atoms with Crippen molar-refractivity contribution in [3.05, 3.63) is 28.8 Å². The minimum Gasteiger partial charge on any atom is -0.370 e. The highest BCUT2D eigenvalue weighted by atomic mass is 32.1. The van der Waals surface area contributed by atoms with Crippen LogP contribution in [0, 0.1) is 0 Å². The Hall–Kier alpha value is -1.42. The highest BCUT2D eigenvalue weighted by Gasteiger charge is 2.07. The molecule has 90 valence electrons. The summed E-state index contributed by atoms with van der Waals surface area (Å²) in [6, 6.07) is 6.35. The number of fused-ring (bicyclic) bond motifs is 1. The zero-order valence-electron chi connectivity index (χ0n) is 10.1. The van der Waals surface area contributed by atoms with E-state index < -0.39 is 0 Å². The number of nitrogens with zero attached hydrogens (tertiary/aromatic N) is 1. The van der Waals surface area contributed by atoms with Crippen molar-refractivity contribution >= 4 is 27.5 Å². The molecule has 2 N–H and O–H groups in total. The molecule has 0 radical (unpaired) electrons. The number of thiazole rings is 1. The summed E-state index contributed by atoms with van der Waals surface area (Å²) in [4.78, 5) is 15.2. The minimum absolute atomic E-state index is 0.271. The van der Waals surface area contributed by atoms with Gasteiger partial charge < -0.3 is 5.73 Å². The average Bonchev–Trinajstić information content (AvgIpc) is 2.67. The normalized spacial score (nSPS) is 11.2. The minimum atomic E-state index is -0.271. The van der Waals surface area contributed by atoms with Gasteiger partial charge in [-0.2, -0.15) is 0 Å². The number of nitrogens with two attached hydrogens (primary N) is 1. The van der Waals surface area contributed by atoms with Gasteiger partial charge >= 0.3 is 0 Å². The molecule has 2 aromatic rings. The zero-order chi connectivity index (χ0) is 12.4. The molecule has 0 fully saturated rings. The molecule has 17 heavy (non-hydrogen) atoms. The number of carbonyl (C=O) groups excluding carboxylic acids is 1. The summed E-state index contributed by atoms with van der Waals surface area (Å²) < 4.78 is 1.19. The van der Waals surface area contributed by atoms with E-state index in [4.69, 9.17) is 5.73 Å². The van der Waals surface area contributed by atoms with E-state index in [9.17, 15) is 4.79 Å². The quantitative estimate of drug-likeness (QED) is 0.904. The number of amides is 1. The number of hydrogen-bond donors (Lipinski definition) is 1. The van der Waals surface area contributed by atoms with Crippen LogP contribution in [0.4, 0.5) is 0 Å². The van der Waals surface area contributed by atoms with Crippen LogP contribution in [0.3, 0.4) is 0 Å². The molecule has 0 saturated carbocycles. The maximum Gasteiger partial charge on any atom is 0.217 e. The molecule has 0 atom stereocenters. The van der Waals surface area contributed by atoms with Crippen LogP contribution in [-0.4, -0.2) is 10.9 Å². The lowest BCUT2D eigenvalue weighted by Crippen LogP contribution is -2.10. The van der Waals surface area contributed by atoms with E-state index >= 15 is 0 Å². The van der Waals surface area contributed by atoms with Gasteiger partial charge in [0.25, 0.3) is 0 Å². The fourth-order valence-corrected chi connectivity index (χ4v) is 2.70. The van der Waals surface area contributed by atoms with E-state index in [0.717, 1.165) is 10.5 Å². The van der Waals surface area contributed by atoms with Gasteiger partial charge in [-0.3, -0.25) is 4.79 Å². The highest BCUT2D eigenvalue weighted by molar-refractivity contribution is 7.18. The molecule has 0 unspecified atom stereocenters. The van der Waals surface area contributed by atoms with Crippen molar-refractivity contribution in [3.63, 3.8) is 0 Å². The van der Waals surface area contributed by atoms with Crippen LogP contribution >= 0.6 is 11.3 Å². The Labute approximate surface area is 105 Å². The van der Waals surface area contributed by atoms with Crippen LogP contribution in [0.2, 0.25) is 0 Å². The Bertz CT molecular complexity index is 545. The van der Waals surface area contributed by atoms with Gasteiger partial charge in [0.2, 0.25) is 5.91 Å². The monoisotopic (exact) mass is 248 g/mol. The molecular formula is C13H16N2OS. The van der Waals surface area contributed by atoms with E-state index in [0.29, 0.717) is 18.8 Å². The van der Waals surface area contributed by atoms with E-state index in [1.807, 2.05) is 0 Å². The van der Waals surface area contributed by atoms with Gasteiger partial charge in [0.1, 0.15) is 0 Å². The molecule has 0 bridgehead atoms. The van der Waals surface area contributed by atoms with Crippen molar-refractivity contribution in [3.8, 4) is 0 Å². The largest absolute Gasteiger partial charge is 0.370 e. The number of carbonyl (C=O) groups is 1. The SMILES string of the molecule is CC(C)c1ccc2nc(CCC(N)=O)sc2c1. The molecule has 0 aliphatic rings. The third-order valence-electron chi connectivity index (χ3n) is 2.71. The highest BCUT2D eigenvalue weighted by Crippen LogP contribution is 2.26. The van der Waals surface area contributed by atoms with E-state index in [1.165, 1.54) is 10.3 Å². The molecule has 0 saturated heterocycles. The number of benzene rings is 1. The lowest BCUT2D eigenvalue weighted by molar-refractivity contribution is -0.117. The second kappa shape index (κ2) is 4.84. The van der Waals surface area contributed by atoms with E-state index in [-0.39, 0.29) is 5.91 Å². The van der Waals surface area contributed by atoms with Crippen molar-refractivity contribution in [1.82, 2.24) is 4.98 Å². The third-order valence-corrected chi connectivity index (χ3v) is 3.79. The fourth-order valence-electron chi connectivity index (χ4n) is 1.69. The summed E-state index contributed by atoms with van der Waals surface area (Å²) in [6.45, 7) is 4.35. The number of primary amides is 1. The van der Waals surface area contributed by atoms with Crippen LogP contribution in [0.25, 0.3) is 10.2 Å². The summed E-state index contributed by atoms with van der Waals surface area (Å²) in [5.41, 5.74) is 7.47. The predicted octanol–water partition coefficient (Wildman–Crippen LogP) is 2.84. The first kappa shape index (κ1) is 12.0. The lowest BCUT2D eigenvalue weighted by Gasteiger charge is -2.03. The zero-order valence-corrected chi connectivity index (χ0v) is 10.9. The first-order chi connectivity index (χ1) is 8.06. The van der Waals surface area contributed by atoms with Crippen molar-refractivity contribution in [2.45, 2.75) is 32.6 Å². The fraction of sp³-hybridized carbons (Fsp3) is 0.385. The van der Waals surface area contributed by atoms with Gasteiger partial charge in [-0.05, 0) is 23.6 Å². The van der Waals surface area contributed by atoms with Gasteiger partial charge in [0.15, 0.2) is 0 Å². The molecular weight excluding hydrogens is 232 g/mol. The van der Waals surface area contributed by atoms with Crippen molar-refractivity contribution in [2.24, 2.45) is 5.73 Å². The second-order valence-electron chi connectivity index (χ2n) is 4.46. The topological polar surface area (TPSA) is 56.0 Å². The average molecular weight is 248 g/mol. The van der Waals surface area contributed by atoms with Crippen molar-refractivity contribution < 1.29 is 4.79 Å². The molecule has 1 amide bonds. The lowest BCUT2D eigenvalue weighted by atomic mass is 10.0. The Morgan fingerprint density at radius 1 is 1.47 bits per heavy atom. The molecule has 0 spiro atoms. The van der Waals surface area contributed by atoms with Crippen LogP contribution in [0.15, 0.2) is 18.2 Å². The molecule has 4 heteroatoms. The van der Waals surface area contributed by atoms with Crippen LogP contribution in [0.5, 0.6) is 0 Å². The summed E-state index contributed by atoms with van der Waals surface area (Å²) in [5.74, 6) is 0.252. The maximum atomic E-state index is 10.7. The molecule has 0 aliphatic carbocycles. The van der Waals surface area contributed by atoms with Gasteiger partial charge in [-0.15, -0.1) is 11.3 Å². The van der Waals surface area contributed by atoms with Crippen molar-refractivity contribution in [2.75, 3.05) is 0 Å². The van der Waals surface area contributed by atoms with Gasteiger partial charge in [-0.1, -0.05) is 19.9 Å². The summed E-state index contributed by atoms with van der Waals surface area (Å²) >= 11 is 1.65. The summed E-state index contributed by atoms with van der Waals surface area (Å²) in [6.07, 6.45) is 1.02. The Morgan fingerprint density at radius 3 is 2.88 bits per heavy atom. The predicted molar refractivity (Wildman–Crippen MR) is 71.2 cm³/mol. The number of hydrogen-bond acceptors (Lipinski definition) is 3. The second-order valence-corrected chi connectivity index (χ2v) is 5.57. The Morgan fingerprint density at radius 2 is 2.24 bits per heavy atom. The van der Waals surface area contributed by atoms with Crippen LogP contribution in [-0.2, 0) is 11.2 Å². The summed E-state index contributed by atoms with van der Waals surface area (Å²) in [5, 5.41) is 0.986. The smallest absolute Gasteiger partial charge is 0.217 e. The first-order valence-electron chi connectivity index (χ1n) is 5.74. The standard InChI is InChI=1S/C13H16N2OS/c1-8(2)9-3-4-10-11(7-9)17-13(15-10)6-5-12(14)16/h3-4,7-8H,5-6H2,1-2H3,(H2,14,16). The third kappa shape index (κ3) is 2.82. The Balaban J connectivity index is 2.27. The van der Waals surface area contributed by atoms with Gasteiger partial charge in [0.05, 0.1) is 15.2 Å². The maximum absolute atomic E-state index is 10.7. The van der Waals surface area contributed by atoms with E-state index in [2.05, 4.69) is 37.0 Å². The number of aryl methyl sites for hydroxylation is 1. The molecule has 0 aliphatic heterocycles. The van der Waals surface area contributed by atoms with Gasteiger partial charge in [-0.25, -0.2) is 4.98 Å². The summed E-state index contributed by atoms with van der Waals surface area (Å²) in [7, 11) is 0. The molecule has 1 aromatic carbocycles. The number of rotatable bonds is 4. The molecule has 3 nitrogen and oxygen atoms in total. The van der Waals surface area contributed by atoms with E-state index in [1.54, 1.807) is 11.3 Å². The molecule has 1 aromatic heterocycles. The molecule has 1 heterocycles. The van der Waals surface area contributed by atoms with Crippen LogP contribution < -0.4 is 5.73 Å². The van der Waals surface area contributed by atoms with Gasteiger partial charge in [0, 0.05) is 12.8 Å². The Kier molecular flexibility index (Phi) is 3.43. The molecule has 2 rings (SSSR count).